The van der Waals surface area contributed by atoms with Gasteiger partial charge in [-0.15, -0.1) is 11.8 Å². The minimum Gasteiger partial charge on any atom is -0.373 e. The van der Waals surface area contributed by atoms with Crippen molar-refractivity contribution >= 4 is 17.6 Å². The molecular formula is C10H14F3N3S. The highest BCUT2D eigenvalue weighted by molar-refractivity contribution is 7.99. The molecule has 17 heavy (non-hydrogen) atoms. The first kappa shape index (κ1) is 14.1. The van der Waals surface area contributed by atoms with E-state index in [9.17, 15) is 13.2 Å². The second-order valence-corrected chi connectivity index (χ2v) is 4.96. The lowest BCUT2D eigenvalue weighted by Gasteiger charge is -2.11. The molecule has 0 saturated carbocycles. The number of nitrogens with one attached hydrogen (secondary N) is 1. The van der Waals surface area contributed by atoms with Crippen LogP contribution in [0, 0.1) is 0 Å². The molecule has 1 heterocycles. The molecule has 1 aromatic heterocycles. The maximum absolute atomic E-state index is 12.5. The van der Waals surface area contributed by atoms with Crippen molar-refractivity contribution in [2.75, 3.05) is 12.4 Å². The minimum atomic E-state index is -4.52. The zero-order valence-electron chi connectivity index (χ0n) is 9.80. The Bertz CT molecular complexity index is 382. The maximum Gasteiger partial charge on any atom is 0.451 e. The molecule has 0 saturated heterocycles. The smallest absolute Gasteiger partial charge is 0.373 e. The molecule has 0 fully saturated rings. The summed E-state index contributed by atoms with van der Waals surface area (Å²) < 4.78 is 37.6. The van der Waals surface area contributed by atoms with E-state index in [-0.39, 0.29) is 11.1 Å². The Kier molecular flexibility index (Phi) is 4.62. The van der Waals surface area contributed by atoms with Crippen molar-refractivity contribution in [3.8, 4) is 0 Å². The minimum absolute atomic E-state index is 0.179. The van der Waals surface area contributed by atoms with Crippen molar-refractivity contribution in [2.24, 2.45) is 0 Å². The fourth-order valence-corrected chi connectivity index (χ4v) is 1.93. The van der Waals surface area contributed by atoms with Gasteiger partial charge < -0.3 is 5.32 Å². The van der Waals surface area contributed by atoms with Crippen LogP contribution >= 0.6 is 11.8 Å². The molecule has 7 heteroatoms. The van der Waals surface area contributed by atoms with Crippen LogP contribution in [0.2, 0.25) is 0 Å². The Balaban J connectivity index is 3.05. The molecule has 0 aliphatic heterocycles. The summed E-state index contributed by atoms with van der Waals surface area (Å²) >= 11 is 1.31. The number of anilines is 1. The van der Waals surface area contributed by atoms with Gasteiger partial charge in [0.15, 0.2) is 0 Å². The fraction of sp³-hybridized carbons (Fsp3) is 0.600. The average Bonchev–Trinajstić information content (AvgIpc) is 2.27. The van der Waals surface area contributed by atoms with Crippen LogP contribution in [0.15, 0.2) is 11.1 Å². The molecule has 0 aliphatic carbocycles. The number of hydrogen-bond acceptors (Lipinski definition) is 4. The highest BCUT2D eigenvalue weighted by Gasteiger charge is 2.35. The van der Waals surface area contributed by atoms with Crippen molar-refractivity contribution in [3.63, 3.8) is 0 Å². The Hall–Kier alpha value is -0.980. The number of aromatic nitrogens is 2. The Labute approximate surface area is 102 Å². The molecule has 0 aliphatic rings. The molecule has 96 valence electrons. The summed E-state index contributed by atoms with van der Waals surface area (Å²) in [5, 5.41) is 3.16. The summed E-state index contributed by atoms with van der Waals surface area (Å²) in [7, 11) is 1.53. The van der Waals surface area contributed by atoms with Crippen LogP contribution in [0.5, 0.6) is 0 Å². The van der Waals surface area contributed by atoms with Crippen molar-refractivity contribution in [1.29, 1.82) is 0 Å². The van der Waals surface area contributed by atoms with Crippen LogP contribution in [0.4, 0.5) is 19.0 Å². The van der Waals surface area contributed by atoms with Crippen LogP contribution in [0.25, 0.3) is 0 Å². The summed E-state index contributed by atoms with van der Waals surface area (Å²) in [5.74, 6) is -0.923. The third-order valence-electron chi connectivity index (χ3n) is 2.11. The van der Waals surface area contributed by atoms with E-state index in [0.717, 1.165) is 6.42 Å². The lowest BCUT2D eigenvalue weighted by Crippen LogP contribution is -2.13. The molecular weight excluding hydrogens is 251 g/mol. The third kappa shape index (κ3) is 4.07. The predicted molar refractivity (Wildman–Crippen MR) is 62.2 cm³/mol. The monoisotopic (exact) mass is 265 g/mol. The van der Waals surface area contributed by atoms with E-state index in [0.29, 0.717) is 5.03 Å². The zero-order valence-corrected chi connectivity index (χ0v) is 10.6. The number of thioether (sulfide) groups is 1. The van der Waals surface area contributed by atoms with Crippen molar-refractivity contribution < 1.29 is 13.2 Å². The van der Waals surface area contributed by atoms with Crippen LogP contribution in [0.1, 0.15) is 26.1 Å². The van der Waals surface area contributed by atoms with Crippen LogP contribution in [-0.4, -0.2) is 22.3 Å². The largest absolute Gasteiger partial charge is 0.451 e. The Morgan fingerprint density at radius 1 is 1.41 bits per heavy atom. The van der Waals surface area contributed by atoms with Crippen molar-refractivity contribution in [1.82, 2.24) is 9.97 Å². The van der Waals surface area contributed by atoms with Gasteiger partial charge in [-0.1, -0.05) is 13.8 Å². The first-order valence-electron chi connectivity index (χ1n) is 5.17. The normalized spacial score (nSPS) is 13.5. The topological polar surface area (TPSA) is 37.8 Å². The van der Waals surface area contributed by atoms with Gasteiger partial charge in [-0.25, -0.2) is 9.97 Å². The predicted octanol–water partition coefficient (Wildman–Crippen LogP) is 3.43. The van der Waals surface area contributed by atoms with Gasteiger partial charge in [0.05, 0.1) is 0 Å². The third-order valence-corrected chi connectivity index (χ3v) is 3.30. The van der Waals surface area contributed by atoms with E-state index >= 15 is 0 Å². The van der Waals surface area contributed by atoms with Gasteiger partial charge in [0.1, 0.15) is 10.8 Å². The molecule has 0 aromatic carbocycles. The van der Waals surface area contributed by atoms with Crippen LogP contribution in [-0.2, 0) is 6.18 Å². The molecule has 1 aromatic rings. The molecule has 1 rings (SSSR count). The first-order valence-corrected chi connectivity index (χ1v) is 6.05. The highest BCUT2D eigenvalue weighted by atomic mass is 32.2. The van der Waals surface area contributed by atoms with Crippen LogP contribution < -0.4 is 5.32 Å². The SMILES string of the molecule is CCC(C)Sc1cc(NC)nc(C(F)(F)F)n1. The van der Waals surface area contributed by atoms with Crippen LogP contribution in [0.3, 0.4) is 0 Å². The summed E-state index contributed by atoms with van der Waals surface area (Å²) in [6.07, 6.45) is -3.65. The van der Waals surface area contributed by atoms with E-state index in [4.69, 9.17) is 0 Å². The van der Waals surface area contributed by atoms with Gasteiger partial charge in [0.2, 0.25) is 5.82 Å². The molecule has 1 unspecified atom stereocenters. The highest BCUT2D eigenvalue weighted by Crippen LogP contribution is 2.31. The van der Waals surface area contributed by atoms with Gasteiger partial charge in [-0.05, 0) is 6.42 Å². The van der Waals surface area contributed by atoms with Crippen molar-refractivity contribution in [2.45, 2.75) is 36.7 Å². The summed E-state index contributed by atoms with van der Waals surface area (Å²) in [6.45, 7) is 3.92. The first-order chi connectivity index (χ1) is 7.86. The van der Waals surface area contributed by atoms with Gasteiger partial charge in [-0.2, -0.15) is 13.2 Å². The van der Waals surface area contributed by atoms with E-state index < -0.39 is 12.0 Å². The molecule has 0 bridgehead atoms. The zero-order chi connectivity index (χ0) is 13.1. The Morgan fingerprint density at radius 2 is 2.06 bits per heavy atom. The van der Waals surface area contributed by atoms with Crippen molar-refractivity contribution in [3.05, 3.63) is 11.9 Å². The second kappa shape index (κ2) is 5.57. The quantitative estimate of drug-likeness (QED) is 0.668. The maximum atomic E-state index is 12.5. The van der Waals surface area contributed by atoms with Gasteiger partial charge >= 0.3 is 6.18 Å². The van der Waals surface area contributed by atoms with E-state index in [1.807, 2.05) is 13.8 Å². The van der Waals surface area contributed by atoms with Gasteiger partial charge in [-0.3, -0.25) is 0 Å². The van der Waals surface area contributed by atoms with Gasteiger partial charge in [0, 0.05) is 18.4 Å². The number of halogens is 3. The number of rotatable bonds is 4. The number of hydrogen-bond donors (Lipinski definition) is 1. The van der Waals surface area contributed by atoms with Gasteiger partial charge in [0.25, 0.3) is 0 Å². The number of alkyl halides is 3. The molecule has 1 N–H and O–H groups in total. The molecule has 0 amide bonds. The lowest BCUT2D eigenvalue weighted by atomic mass is 10.4. The fourth-order valence-electron chi connectivity index (χ4n) is 1.03. The second-order valence-electron chi connectivity index (χ2n) is 3.50. The summed E-state index contributed by atoms with van der Waals surface area (Å²) in [6, 6.07) is 1.52. The molecule has 3 nitrogen and oxygen atoms in total. The van der Waals surface area contributed by atoms with E-state index in [1.165, 1.54) is 24.9 Å². The summed E-state index contributed by atoms with van der Waals surface area (Å²) in [5.41, 5.74) is 0. The molecule has 1 atom stereocenters. The lowest BCUT2D eigenvalue weighted by molar-refractivity contribution is -0.145. The molecule has 0 spiro atoms. The van der Waals surface area contributed by atoms with E-state index in [1.54, 1.807) is 0 Å². The molecule has 0 radical (unpaired) electrons. The number of nitrogens with zero attached hydrogens (tertiary/aromatic N) is 2. The summed E-state index contributed by atoms with van der Waals surface area (Å²) in [4.78, 5) is 6.92. The average molecular weight is 265 g/mol. The standard InChI is InChI=1S/C10H14F3N3S/c1-4-6(2)17-8-5-7(14-3)15-9(16-8)10(11,12)13/h5-6H,4H2,1-3H3,(H,14,15,16). The Morgan fingerprint density at radius 3 is 2.53 bits per heavy atom. The van der Waals surface area contributed by atoms with E-state index in [2.05, 4.69) is 15.3 Å².